The number of hydrogen-bond donors (Lipinski definition) is 2. The third-order valence-electron chi connectivity index (χ3n) is 3.61. The Morgan fingerprint density at radius 1 is 1.35 bits per heavy atom. The quantitative estimate of drug-likeness (QED) is 0.311. The van der Waals surface area contributed by atoms with Gasteiger partial charge in [0, 0.05) is 36.3 Å². The highest BCUT2D eigenvalue weighted by molar-refractivity contribution is 14.0. The molecule has 6 heteroatoms. The topological polar surface area (TPSA) is 49.3 Å². The van der Waals surface area contributed by atoms with E-state index in [0.717, 1.165) is 38.3 Å². The van der Waals surface area contributed by atoms with Gasteiger partial charge in [0.25, 0.3) is 0 Å². The molecule has 1 aliphatic rings. The second kappa shape index (κ2) is 9.61. The maximum Gasteiger partial charge on any atom is 0.191 e. The predicted octanol–water partition coefficient (Wildman–Crippen LogP) is 3.87. The van der Waals surface area contributed by atoms with Crippen molar-refractivity contribution in [3.05, 3.63) is 28.2 Å². The lowest BCUT2D eigenvalue weighted by Gasteiger charge is -2.16. The van der Waals surface area contributed by atoms with E-state index in [1.54, 1.807) is 11.3 Å². The third-order valence-corrected chi connectivity index (χ3v) is 4.52. The largest absolute Gasteiger partial charge is 0.357 e. The van der Waals surface area contributed by atoms with Crippen LogP contribution in [0.3, 0.4) is 0 Å². The molecule has 130 valence electrons. The fourth-order valence-electron chi connectivity index (χ4n) is 2.28. The highest BCUT2D eigenvalue weighted by atomic mass is 127. The number of thiazole rings is 1. The van der Waals surface area contributed by atoms with Crippen molar-refractivity contribution < 1.29 is 0 Å². The number of halogens is 1. The van der Waals surface area contributed by atoms with Gasteiger partial charge in [0.05, 0.1) is 10.7 Å². The van der Waals surface area contributed by atoms with Crippen LogP contribution in [0, 0.1) is 0 Å². The van der Waals surface area contributed by atoms with Crippen molar-refractivity contribution in [2.75, 3.05) is 13.1 Å². The Kier molecular flexibility index (Phi) is 8.53. The molecule has 1 aromatic rings. The SMILES string of the molecule is CCNC(=NCCc1nc(C(C)(C)C)cs1)NC1CC=CC1.I. The fourth-order valence-corrected chi connectivity index (χ4v) is 3.30. The highest BCUT2D eigenvalue weighted by Crippen LogP contribution is 2.24. The minimum Gasteiger partial charge on any atom is -0.357 e. The molecule has 0 spiro atoms. The van der Waals surface area contributed by atoms with Crippen molar-refractivity contribution in [2.45, 2.75) is 58.4 Å². The molecule has 1 aliphatic carbocycles. The monoisotopic (exact) mass is 448 g/mol. The van der Waals surface area contributed by atoms with Crippen LogP contribution in [0.1, 0.15) is 51.2 Å². The third kappa shape index (κ3) is 6.79. The summed E-state index contributed by atoms with van der Waals surface area (Å²) < 4.78 is 0. The Morgan fingerprint density at radius 3 is 2.61 bits per heavy atom. The molecule has 0 saturated heterocycles. The van der Waals surface area contributed by atoms with Gasteiger partial charge in [-0.1, -0.05) is 32.9 Å². The minimum absolute atomic E-state index is 0. The van der Waals surface area contributed by atoms with E-state index in [-0.39, 0.29) is 29.4 Å². The maximum absolute atomic E-state index is 4.73. The van der Waals surface area contributed by atoms with Crippen molar-refractivity contribution >= 4 is 41.3 Å². The molecule has 1 heterocycles. The molecule has 0 aliphatic heterocycles. The van der Waals surface area contributed by atoms with Gasteiger partial charge in [-0.15, -0.1) is 35.3 Å². The number of guanidine groups is 1. The van der Waals surface area contributed by atoms with E-state index < -0.39 is 0 Å². The molecule has 0 fully saturated rings. The van der Waals surface area contributed by atoms with Crippen LogP contribution in [0.5, 0.6) is 0 Å². The van der Waals surface area contributed by atoms with Crippen LogP contribution in [-0.4, -0.2) is 30.1 Å². The minimum atomic E-state index is 0. The Balaban J connectivity index is 0.00000264. The molecule has 0 aromatic carbocycles. The first kappa shape index (κ1) is 20.4. The molecule has 1 aromatic heterocycles. The zero-order chi connectivity index (χ0) is 16.0. The molecule has 2 rings (SSSR count). The van der Waals surface area contributed by atoms with Gasteiger partial charge >= 0.3 is 0 Å². The summed E-state index contributed by atoms with van der Waals surface area (Å²) in [5, 5.41) is 10.2. The zero-order valence-electron chi connectivity index (χ0n) is 14.6. The molecule has 0 saturated carbocycles. The average Bonchev–Trinajstić information content (AvgIpc) is 3.09. The highest BCUT2D eigenvalue weighted by Gasteiger charge is 2.17. The molecule has 0 atom stereocenters. The molecule has 0 bridgehead atoms. The van der Waals surface area contributed by atoms with Gasteiger partial charge in [-0.3, -0.25) is 4.99 Å². The van der Waals surface area contributed by atoms with E-state index >= 15 is 0 Å². The number of aromatic nitrogens is 1. The smallest absolute Gasteiger partial charge is 0.191 e. The summed E-state index contributed by atoms with van der Waals surface area (Å²) in [6.07, 6.45) is 7.54. The Morgan fingerprint density at radius 2 is 2.04 bits per heavy atom. The van der Waals surface area contributed by atoms with Gasteiger partial charge in [0.1, 0.15) is 0 Å². The summed E-state index contributed by atoms with van der Waals surface area (Å²) in [6, 6.07) is 0.491. The summed E-state index contributed by atoms with van der Waals surface area (Å²) in [6.45, 7) is 10.4. The lowest BCUT2D eigenvalue weighted by atomic mass is 9.93. The first-order valence-corrected chi connectivity index (χ1v) is 9.01. The lowest BCUT2D eigenvalue weighted by molar-refractivity contribution is 0.570. The molecular formula is C17H29IN4S. The van der Waals surface area contributed by atoms with Crippen LogP contribution in [-0.2, 0) is 11.8 Å². The van der Waals surface area contributed by atoms with Crippen LogP contribution in [0.2, 0.25) is 0 Å². The van der Waals surface area contributed by atoms with Gasteiger partial charge in [0.15, 0.2) is 5.96 Å². The second-order valence-corrected chi connectivity index (χ2v) is 7.61. The first-order valence-electron chi connectivity index (χ1n) is 8.13. The molecule has 23 heavy (non-hydrogen) atoms. The van der Waals surface area contributed by atoms with Crippen molar-refractivity contribution in [3.63, 3.8) is 0 Å². The molecule has 0 amide bonds. The Labute approximate surface area is 161 Å². The van der Waals surface area contributed by atoms with Gasteiger partial charge in [-0.05, 0) is 19.8 Å². The summed E-state index contributed by atoms with van der Waals surface area (Å²) in [5.74, 6) is 0.920. The summed E-state index contributed by atoms with van der Waals surface area (Å²) in [5.41, 5.74) is 1.31. The summed E-state index contributed by atoms with van der Waals surface area (Å²) in [7, 11) is 0. The normalized spacial score (nSPS) is 15.6. The molecule has 0 radical (unpaired) electrons. The average molecular weight is 448 g/mol. The van der Waals surface area contributed by atoms with Crippen LogP contribution in [0.4, 0.5) is 0 Å². The van der Waals surface area contributed by atoms with E-state index in [4.69, 9.17) is 4.98 Å². The Hall–Kier alpha value is -0.630. The summed E-state index contributed by atoms with van der Waals surface area (Å²) in [4.78, 5) is 9.40. The number of rotatable bonds is 5. The lowest BCUT2D eigenvalue weighted by Crippen LogP contribution is -2.42. The van der Waals surface area contributed by atoms with Gasteiger partial charge < -0.3 is 10.6 Å². The first-order chi connectivity index (χ1) is 10.5. The number of hydrogen-bond acceptors (Lipinski definition) is 3. The van der Waals surface area contributed by atoms with Crippen molar-refractivity contribution in [1.82, 2.24) is 15.6 Å². The van der Waals surface area contributed by atoms with Crippen molar-refractivity contribution in [3.8, 4) is 0 Å². The summed E-state index contributed by atoms with van der Waals surface area (Å²) >= 11 is 1.74. The van der Waals surface area contributed by atoms with E-state index in [2.05, 4.69) is 60.9 Å². The second-order valence-electron chi connectivity index (χ2n) is 6.67. The van der Waals surface area contributed by atoms with Crippen LogP contribution >= 0.6 is 35.3 Å². The van der Waals surface area contributed by atoms with Gasteiger partial charge in [-0.25, -0.2) is 4.98 Å². The molecule has 2 N–H and O–H groups in total. The zero-order valence-corrected chi connectivity index (χ0v) is 17.7. The molecular weight excluding hydrogens is 419 g/mol. The van der Waals surface area contributed by atoms with Crippen LogP contribution in [0.15, 0.2) is 22.5 Å². The van der Waals surface area contributed by atoms with Crippen LogP contribution in [0.25, 0.3) is 0 Å². The maximum atomic E-state index is 4.73. The van der Waals surface area contributed by atoms with E-state index in [0.29, 0.717) is 6.04 Å². The van der Waals surface area contributed by atoms with E-state index in [1.165, 1.54) is 10.7 Å². The number of aliphatic imine (C=N–C) groups is 1. The standard InChI is InChI=1S/C17H28N4S.HI/c1-5-18-16(20-13-8-6-7-9-13)19-11-10-15-21-14(12-22-15)17(2,3)4;/h6-7,12-13H,5,8-11H2,1-4H3,(H2,18,19,20);1H. The number of nitrogens with one attached hydrogen (secondary N) is 2. The number of nitrogens with zero attached hydrogens (tertiary/aromatic N) is 2. The molecule has 4 nitrogen and oxygen atoms in total. The predicted molar refractivity (Wildman–Crippen MR) is 111 cm³/mol. The Bertz CT molecular complexity index is 523. The van der Waals surface area contributed by atoms with E-state index in [9.17, 15) is 0 Å². The fraction of sp³-hybridized carbons (Fsp3) is 0.647. The molecule has 0 unspecified atom stereocenters. The van der Waals surface area contributed by atoms with Gasteiger partial charge in [-0.2, -0.15) is 0 Å². The van der Waals surface area contributed by atoms with Gasteiger partial charge in [0.2, 0.25) is 0 Å². The van der Waals surface area contributed by atoms with E-state index in [1.807, 2.05) is 0 Å². The van der Waals surface area contributed by atoms with Crippen LogP contribution < -0.4 is 10.6 Å². The van der Waals surface area contributed by atoms with Crippen molar-refractivity contribution in [1.29, 1.82) is 0 Å². The van der Waals surface area contributed by atoms with Crippen molar-refractivity contribution in [2.24, 2.45) is 4.99 Å².